The van der Waals surface area contributed by atoms with Crippen molar-refractivity contribution in [3.63, 3.8) is 0 Å². The van der Waals surface area contributed by atoms with Crippen LogP contribution in [0.4, 0.5) is 5.69 Å². The lowest BCUT2D eigenvalue weighted by atomic mass is 10.1. The second kappa shape index (κ2) is 10.4. The largest absolute Gasteiger partial charge is 0.467 e. The molecule has 9 heteroatoms. The summed E-state index contributed by atoms with van der Waals surface area (Å²) < 4.78 is 7.15. The van der Waals surface area contributed by atoms with Gasteiger partial charge >= 0.3 is 0 Å². The van der Waals surface area contributed by atoms with Gasteiger partial charge in [-0.15, -0.1) is 10.2 Å². The molecule has 2 heterocycles. The van der Waals surface area contributed by atoms with Crippen molar-refractivity contribution in [3.05, 3.63) is 89.6 Å². The minimum Gasteiger partial charge on any atom is -0.467 e. The van der Waals surface area contributed by atoms with Crippen LogP contribution in [0.3, 0.4) is 0 Å². The van der Waals surface area contributed by atoms with Gasteiger partial charge in [-0.05, 0) is 55.3 Å². The van der Waals surface area contributed by atoms with Gasteiger partial charge in [-0.3, -0.25) is 14.2 Å². The van der Waals surface area contributed by atoms with Crippen LogP contribution >= 0.6 is 11.8 Å². The number of amides is 2. The topological polar surface area (TPSA) is 93.3 Å². The van der Waals surface area contributed by atoms with Crippen molar-refractivity contribution in [2.75, 3.05) is 17.7 Å². The van der Waals surface area contributed by atoms with Crippen LogP contribution in [-0.4, -0.2) is 39.4 Å². The molecule has 0 spiro atoms. The lowest BCUT2D eigenvalue weighted by Gasteiger charge is -2.20. The van der Waals surface area contributed by atoms with E-state index in [0.717, 1.165) is 16.8 Å². The number of furan rings is 1. The summed E-state index contributed by atoms with van der Waals surface area (Å²) in [6.45, 7) is 4.32. The van der Waals surface area contributed by atoms with Crippen LogP contribution in [0.15, 0.2) is 76.8 Å². The average molecular weight is 476 g/mol. The van der Waals surface area contributed by atoms with E-state index in [1.165, 1.54) is 16.7 Å². The van der Waals surface area contributed by atoms with Crippen LogP contribution < -0.4 is 10.2 Å². The van der Waals surface area contributed by atoms with E-state index in [9.17, 15) is 9.59 Å². The fraction of sp³-hybridized carbons (Fsp3) is 0.200. The third kappa shape index (κ3) is 5.20. The second-order valence-corrected chi connectivity index (χ2v) is 8.74. The summed E-state index contributed by atoms with van der Waals surface area (Å²) in [7, 11) is 1.66. The summed E-state index contributed by atoms with van der Waals surface area (Å²) >= 11 is 1.30. The van der Waals surface area contributed by atoms with Crippen LogP contribution in [0.5, 0.6) is 0 Å². The maximum Gasteiger partial charge on any atom is 0.253 e. The zero-order valence-electron chi connectivity index (χ0n) is 19.2. The molecule has 0 saturated heterocycles. The first-order valence-corrected chi connectivity index (χ1v) is 11.7. The van der Waals surface area contributed by atoms with Gasteiger partial charge in [-0.25, -0.2) is 0 Å². The molecule has 34 heavy (non-hydrogen) atoms. The highest BCUT2D eigenvalue weighted by Gasteiger charge is 2.20. The highest BCUT2D eigenvalue weighted by atomic mass is 32.2. The summed E-state index contributed by atoms with van der Waals surface area (Å²) in [6, 6.07) is 16.7. The molecule has 0 fully saturated rings. The number of aromatic nitrogens is 3. The van der Waals surface area contributed by atoms with Gasteiger partial charge in [0.2, 0.25) is 5.91 Å². The van der Waals surface area contributed by atoms with E-state index < -0.39 is 0 Å². The van der Waals surface area contributed by atoms with Gasteiger partial charge in [0.25, 0.3) is 5.91 Å². The molecule has 174 valence electrons. The normalized spacial score (nSPS) is 10.8. The van der Waals surface area contributed by atoms with Gasteiger partial charge in [-0.2, -0.15) is 0 Å². The molecule has 0 saturated carbocycles. The van der Waals surface area contributed by atoms with Gasteiger partial charge in [0.15, 0.2) is 5.16 Å². The van der Waals surface area contributed by atoms with Crippen LogP contribution in [0.1, 0.15) is 27.2 Å². The molecule has 0 aliphatic rings. The van der Waals surface area contributed by atoms with Crippen molar-refractivity contribution in [2.45, 2.75) is 25.5 Å². The fourth-order valence-electron chi connectivity index (χ4n) is 3.46. The highest BCUT2D eigenvalue weighted by molar-refractivity contribution is 7.99. The van der Waals surface area contributed by atoms with Gasteiger partial charge in [0.1, 0.15) is 12.1 Å². The van der Waals surface area contributed by atoms with Gasteiger partial charge < -0.3 is 14.6 Å². The number of aryl methyl sites for hydroxylation is 2. The van der Waals surface area contributed by atoms with E-state index in [1.54, 1.807) is 56.0 Å². The predicted octanol–water partition coefficient (Wildman–Crippen LogP) is 4.16. The van der Waals surface area contributed by atoms with Crippen LogP contribution in [-0.2, 0) is 11.3 Å². The molecule has 0 atom stereocenters. The molecule has 0 unspecified atom stereocenters. The summed E-state index contributed by atoms with van der Waals surface area (Å²) in [6.07, 6.45) is 3.21. The number of thioether (sulfide) groups is 1. The third-order valence-electron chi connectivity index (χ3n) is 5.35. The average Bonchev–Trinajstić information content (AvgIpc) is 3.54. The Balaban J connectivity index is 1.45. The first kappa shape index (κ1) is 23.3. The number of hydrogen-bond acceptors (Lipinski definition) is 6. The van der Waals surface area contributed by atoms with Crippen LogP contribution in [0, 0.1) is 13.8 Å². The lowest BCUT2D eigenvalue weighted by molar-refractivity contribution is -0.115. The third-order valence-corrected chi connectivity index (χ3v) is 6.28. The molecule has 0 aliphatic carbocycles. The lowest BCUT2D eigenvalue weighted by Crippen LogP contribution is -2.31. The summed E-state index contributed by atoms with van der Waals surface area (Å²) in [5, 5.41) is 11.7. The molecule has 2 aromatic heterocycles. The zero-order valence-corrected chi connectivity index (χ0v) is 20.0. The van der Waals surface area contributed by atoms with Crippen molar-refractivity contribution in [1.29, 1.82) is 0 Å². The van der Waals surface area contributed by atoms with Gasteiger partial charge in [0.05, 0.1) is 35.5 Å². The van der Waals surface area contributed by atoms with Gasteiger partial charge in [-0.1, -0.05) is 36.0 Å². The van der Waals surface area contributed by atoms with E-state index in [2.05, 4.69) is 27.6 Å². The minimum atomic E-state index is -0.283. The number of benzene rings is 2. The maximum absolute atomic E-state index is 13.0. The first-order valence-electron chi connectivity index (χ1n) is 10.7. The molecular formula is C25H25N5O3S. The van der Waals surface area contributed by atoms with Crippen LogP contribution in [0.2, 0.25) is 0 Å². The Bertz CT molecular complexity index is 1300. The minimum absolute atomic E-state index is 0.141. The fourth-order valence-corrected chi connectivity index (χ4v) is 4.29. The SMILES string of the molecule is Cc1ccc(C)c(-n2cnnc2SCC(=O)N(C)c2ccccc2C(=O)NCc2ccco2)c1. The standard InChI is InChI=1S/C25H25N5O3S/c1-17-10-11-18(2)22(13-17)30-16-27-28-25(30)34-15-23(31)29(3)21-9-5-4-8-20(21)24(32)26-14-19-7-6-12-33-19/h4-13,16H,14-15H2,1-3H3,(H,26,32). The number of anilines is 1. The number of para-hydroxylation sites is 1. The molecule has 8 nitrogen and oxygen atoms in total. The molecule has 2 aromatic carbocycles. The van der Waals surface area contributed by atoms with E-state index >= 15 is 0 Å². The summed E-state index contributed by atoms with van der Waals surface area (Å²) in [5.74, 6) is 0.350. The molecular weight excluding hydrogens is 450 g/mol. The Kier molecular flexibility index (Phi) is 7.12. The Morgan fingerprint density at radius 3 is 2.74 bits per heavy atom. The van der Waals surface area contributed by atoms with E-state index in [0.29, 0.717) is 22.2 Å². The zero-order chi connectivity index (χ0) is 24.1. The first-order chi connectivity index (χ1) is 16.4. The molecule has 0 radical (unpaired) electrons. The second-order valence-electron chi connectivity index (χ2n) is 7.79. The molecule has 2 amide bonds. The van der Waals surface area contributed by atoms with E-state index in [4.69, 9.17) is 4.42 Å². The van der Waals surface area contributed by atoms with Crippen LogP contribution in [0.25, 0.3) is 5.69 Å². The molecule has 0 aliphatic heterocycles. The molecule has 0 bridgehead atoms. The molecule has 4 aromatic rings. The smallest absolute Gasteiger partial charge is 0.253 e. The van der Waals surface area contributed by atoms with Gasteiger partial charge in [0, 0.05) is 7.05 Å². The van der Waals surface area contributed by atoms with Crippen molar-refractivity contribution < 1.29 is 14.0 Å². The molecule has 4 rings (SSSR count). The predicted molar refractivity (Wildman–Crippen MR) is 131 cm³/mol. The summed E-state index contributed by atoms with van der Waals surface area (Å²) in [4.78, 5) is 27.3. The number of carbonyl (C=O) groups is 2. The number of carbonyl (C=O) groups excluding carboxylic acids is 2. The number of nitrogens with zero attached hydrogens (tertiary/aromatic N) is 4. The molecule has 1 N–H and O–H groups in total. The van der Waals surface area contributed by atoms with E-state index in [1.807, 2.05) is 24.5 Å². The van der Waals surface area contributed by atoms with Crippen molar-refractivity contribution in [3.8, 4) is 5.69 Å². The quantitative estimate of drug-likeness (QED) is 0.385. The Morgan fingerprint density at radius 2 is 1.94 bits per heavy atom. The Labute approximate surface area is 202 Å². The number of rotatable bonds is 8. The van der Waals surface area contributed by atoms with Crippen molar-refractivity contribution in [1.82, 2.24) is 20.1 Å². The Morgan fingerprint density at radius 1 is 1.12 bits per heavy atom. The number of nitrogens with one attached hydrogen (secondary N) is 1. The monoisotopic (exact) mass is 475 g/mol. The van der Waals surface area contributed by atoms with Crippen molar-refractivity contribution in [2.24, 2.45) is 0 Å². The van der Waals surface area contributed by atoms with E-state index in [-0.39, 0.29) is 24.1 Å². The highest BCUT2D eigenvalue weighted by Crippen LogP contribution is 2.25. The van der Waals surface area contributed by atoms with Crippen molar-refractivity contribution >= 4 is 29.3 Å². The number of hydrogen-bond donors (Lipinski definition) is 1. The maximum atomic E-state index is 13.0. The Hall–Kier alpha value is -3.85. The summed E-state index contributed by atoms with van der Waals surface area (Å²) in [5.41, 5.74) is 4.13.